The number of carbonyl (C=O) groups excluding carboxylic acids is 3. The zero-order chi connectivity index (χ0) is 24.4. The van der Waals surface area contributed by atoms with E-state index in [2.05, 4.69) is 0 Å². The third-order valence-electron chi connectivity index (χ3n) is 7.68. The number of fused-ring (bicyclic) bond motifs is 5. The molecule has 0 bridgehead atoms. The van der Waals surface area contributed by atoms with Crippen molar-refractivity contribution in [2.45, 2.75) is 26.7 Å². The van der Waals surface area contributed by atoms with Crippen molar-refractivity contribution < 1.29 is 19.1 Å². The summed E-state index contributed by atoms with van der Waals surface area (Å²) in [7, 11) is 0. The van der Waals surface area contributed by atoms with Crippen molar-refractivity contribution in [2.75, 3.05) is 4.90 Å². The highest BCUT2D eigenvalue weighted by Gasteiger charge is 2.60. The zero-order valence-corrected chi connectivity index (χ0v) is 19.8. The van der Waals surface area contributed by atoms with Gasteiger partial charge in [-0.05, 0) is 66.8 Å². The highest BCUT2D eigenvalue weighted by Crippen LogP contribution is 2.54. The summed E-state index contributed by atoms with van der Waals surface area (Å²) in [5.41, 5.74) is 6.14. The molecule has 35 heavy (non-hydrogen) atoms. The van der Waals surface area contributed by atoms with E-state index < -0.39 is 23.7 Å². The molecule has 5 heteroatoms. The topological polar surface area (TPSA) is 63.7 Å². The number of hydrogen-bond donors (Lipinski definition) is 0. The van der Waals surface area contributed by atoms with Gasteiger partial charge in [0.05, 0.1) is 23.4 Å². The zero-order valence-electron chi connectivity index (χ0n) is 19.8. The van der Waals surface area contributed by atoms with Crippen molar-refractivity contribution in [3.8, 4) is 5.75 Å². The lowest BCUT2D eigenvalue weighted by atomic mass is 9.64. The van der Waals surface area contributed by atoms with Crippen LogP contribution in [0.2, 0.25) is 0 Å². The van der Waals surface area contributed by atoms with Crippen molar-refractivity contribution in [2.24, 2.45) is 17.8 Å². The first-order valence-electron chi connectivity index (χ1n) is 11.9. The van der Waals surface area contributed by atoms with Gasteiger partial charge in [-0.25, -0.2) is 4.90 Å². The first kappa shape index (κ1) is 21.5. The summed E-state index contributed by atoms with van der Waals surface area (Å²) in [6.45, 7) is 5.89. The van der Waals surface area contributed by atoms with Crippen LogP contribution in [-0.4, -0.2) is 17.8 Å². The van der Waals surface area contributed by atoms with E-state index in [-0.39, 0.29) is 17.7 Å². The maximum atomic E-state index is 14.0. The quantitative estimate of drug-likeness (QED) is 0.300. The van der Waals surface area contributed by atoms with Crippen LogP contribution in [0.5, 0.6) is 5.75 Å². The summed E-state index contributed by atoms with van der Waals surface area (Å²) in [5.74, 6) is -3.23. The van der Waals surface area contributed by atoms with Crippen molar-refractivity contribution in [1.29, 1.82) is 0 Å². The van der Waals surface area contributed by atoms with Crippen LogP contribution in [0.25, 0.3) is 5.57 Å². The minimum Gasteiger partial charge on any atom is -0.425 e. The number of allylic oxidation sites excluding steroid dienone is 1. The maximum Gasteiger partial charge on any atom is 0.319 e. The molecule has 0 aromatic heterocycles. The number of benzene rings is 3. The van der Waals surface area contributed by atoms with Crippen molar-refractivity contribution in [1.82, 2.24) is 0 Å². The number of hydrogen-bond acceptors (Lipinski definition) is 4. The molecule has 3 aromatic rings. The average molecular weight is 464 g/mol. The second kappa shape index (κ2) is 7.77. The van der Waals surface area contributed by atoms with Crippen LogP contribution in [-0.2, 0) is 14.4 Å². The van der Waals surface area contributed by atoms with E-state index in [0.717, 1.165) is 33.4 Å². The highest BCUT2D eigenvalue weighted by atomic mass is 16.5. The van der Waals surface area contributed by atoms with Gasteiger partial charge >= 0.3 is 5.97 Å². The van der Waals surface area contributed by atoms with E-state index in [1.807, 2.05) is 87.5 Å². The van der Waals surface area contributed by atoms with Gasteiger partial charge in [-0.3, -0.25) is 14.4 Å². The molecule has 3 aromatic carbocycles. The predicted octanol–water partition coefficient (Wildman–Crippen LogP) is 5.13. The van der Waals surface area contributed by atoms with Gasteiger partial charge in [-0.15, -0.1) is 0 Å². The normalized spacial score (nSPS) is 24.9. The number of imide groups is 1. The Morgan fingerprint density at radius 2 is 1.51 bits per heavy atom. The summed E-state index contributed by atoms with van der Waals surface area (Å²) in [5, 5.41) is 0. The SMILES string of the molecule is Cc1ccc2c(c1)OC(=O)[C@@H]1C2=C[C@H](c2ccccc2)[C@H]2C(=O)N(c3ccc(C)c(C)c3)C(=O)[C@H]12. The molecule has 0 radical (unpaired) electrons. The Kier molecular flexibility index (Phi) is 4.78. The molecule has 174 valence electrons. The fraction of sp³-hybridized carbons (Fsp3) is 0.233. The summed E-state index contributed by atoms with van der Waals surface area (Å²) < 4.78 is 5.73. The minimum absolute atomic E-state index is 0.269. The largest absolute Gasteiger partial charge is 0.425 e. The number of carbonyl (C=O) groups is 3. The fourth-order valence-corrected chi connectivity index (χ4v) is 5.79. The van der Waals surface area contributed by atoms with Gasteiger partial charge in [0.25, 0.3) is 0 Å². The average Bonchev–Trinajstić information content (AvgIpc) is 3.11. The number of ether oxygens (including phenoxy) is 1. The van der Waals surface area contributed by atoms with E-state index in [0.29, 0.717) is 11.4 Å². The smallest absolute Gasteiger partial charge is 0.319 e. The number of nitrogens with zero attached hydrogens (tertiary/aromatic N) is 1. The summed E-state index contributed by atoms with van der Waals surface area (Å²) in [4.78, 5) is 42.5. The van der Waals surface area contributed by atoms with Crippen LogP contribution in [0.3, 0.4) is 0 Å². The molecule has 0 spiro atoms. The lowest BCUT2D eigenvalue weighted by molar-refractivity contribution is -0.142. The van der Waals surface area contributed by atoms with E-state index in [9.17, 15) is 14.4 Å². The second-order valence-electron chi connectivity index (χ2n) is 9.79. The summed E-state index contributed by atoms with van der Waals surface area (Å²) in [6, 6.07) is 21.1. The Labute approximate surface area is 204 Å². The van der Waals surface area contributed by atoms with Crippen LogP contribution >= 0.6 is 0 Å². The van der Waals surface area contributed by atoms with Gasteiger partial charge in [0, 0.05) is 11.5 Å². The maximum absolute atomic E-state index is 14.0. The van der Waals surface area contributed by atoms with E-state index >= 15 is 0 Å². The third kappa shape index (κ3) is 3.18. The Morgan fingerprint density at radius 3 is 2.26 bits per heavy atom. The number of anilines is 1. The Morgan fingerprint density at radius 1 is 0.771 bits per heavy atom. The van der Waals surface area contributed by atoms with Crippen LogP contribution in [0.4, 0.5) is 5.69 Å². The molecule has 0 N–H and O–H groups in total. The number of esters is 1. The summed E-state index contributed by atoms with van der Waals surface area (Å²) >= 11 is 0. The number of rotatable bonds is 2. The molecule has 6 rings (SSSR count). The molecule has 0 unspecified atom stereocenters. The van der Waals surface area contributed by atoms with Crippen molar-refractivity contribution in [3.05, 3.63) is 101 Å². The molecule has 4 atom stereocenters. The molecule has 1 aliphatic carbocycles. The monoisotopic (exact) mass is 463 g/mol. The van der Waals surface area contributed by atoms with E-state index in [4.69, 9.17) is 4.74 Å². The number of aryl methyl sites for hydroxylation is 3. The van der Waals surface area contributed by atoms with Gasteiger partial charge in [-0.2, -0.15) is 0 Å². The Hall–Kier alpha value is -3.99. The van der Waals surface area contributed by atoms with Gasteiger partial charge in [0.2, 0.25) is 11.8 Å². The molecule has 2 heterocycles. The second-order valence-corrected chi connectivity index (χ2v) is 9.79. The van der Waals surface area contributed by atoms with Crippen molar-refractivity contribution >= 4 is 29.0 Å². The van der Waals surface area contributed by atoms with Gasteiger partial charge in [0.1, 0.15) is 5.75 Å². The molecule has 2 amide bonds. The van der Waals surface area contributed by atoms with Gasteiger partial charge in [0.15, 0.2) is 0 Å². The Balaban J connectivity index is 1.55. The number of amides is 2. The highest BCUT2D eigenvalue weighted by molar-refractivity contribution is 6.24. The van der Waals surface area contributed by atoms with Gasteiger partial charge < -0.3 is 4.74 Å². The lowest BCUT2D eigenvalue weighted by Gasteiger charge is -2.38. The van der Waals surface area contributed by atoms with Crippen molar-refractivity contribution in [3.63, 3.8) is 0 Å². The van der Waals surface area contributed by atoms with Crippen LogP contribution < -0.4 is 9.64 Å². The fourth-order valence-electron chi connectivity index (χ4n) is 5.79. The Bertz CT molecular complexity index is 1440. The predicted molar refractivity (Wildman–Crippen MR) is 133 cm³/mol. The minimum atomic E-state index is -0.823. The van der Waals surface area contributed by atoms with Crippen LogP contribution in [0, 0.1) is 38.5 Å². The van der Waals surface area contributed by atoms with Gasteiger partial charge in [-0.1, -0.05) is 54.6 Å². The van der Waals surface area contributed by atoms with E-state index in [1.54, 1.807) is 6.07 Å². The van der Waals surface area contributed by atoms with Crippen LogP contribution in [0.15, 0.2) is 72.8 Å². The van der Waals surface area contributed by atoms with E-state index in [1.165, 1.54) is 4.90 Å². The summed E-state index contributed by atoms with van der Waals surface area (Å²) in [6.07, 6.45) is 2.02. The molecule has 1 saturated heterocycles. The molecule has 0 saturated carbocycles. The molecule has 5 nitrogen and oxygen atoms in total. The first-order chi connectivity index (χ1) is 16.8. The lowest BCUT2D eigenvalue weighted by Crippen LogP contribution is -2.42. The molecule has 3 aliphatic rings. The standard InChI is InChI=1S/C30H25NO4/c1-16-9-12-21-23-15-22(19-7-5-4-6-8-19)25-27(26(23)30(34)35-24(21)13-16)29(33)31(28(25)32)20-11-10-17(2)18(3)14-20/h4-15,22,25-27H,1-3H3/t22-,25-,26-,27+/m1/s1. The molecule has 1 fully saturated rings. The molecular formula is C30H25NO4. The van der Waals surface area contributed by atoms with Crippen LogP contribution in [0.1, 0.15) is 33.7 Å². The first-order valence-corrected chi connectivity index (χ1v) is 11.9. The molecule has 2 aliphatic heterocycles. The third-order valence-corrected chi connectivity index (χ3v) is 7.68. The molecular weight excluding hydrogens is 438 g/mol.